The molecule has 2 heteroatoms. The molecule has 0 aliphatic rings. The van der Waals surface area contributed by atoms with Gasteiger partial charge in [-0.15, -0.1) is 17.0 Å². The van der Waals surface area contributed by atoms with Crippen molar-refractivity contribution in [3.05, 3.63) is 210 Å². The van der Waals surface area contributed by atoms with Gasteiger partial charge in [-0.05, 0) is 88.9 Å². The summed E-state index contributed by atoms with van der Waals surface area (Å²) in [7, 11) is -1.82. The summed E-state index contributed by atoms with van der Waals surface area (Å²) < 4.78 is 0. The molecule has 0 N–H and O–H groups in total. The summed E-state index contributed by atoms with van der Waals surface area (Å²) >= 11 is 0. The van der Waals surface area contributed by atoms with Gasteiger partial charge in [-0.3, -0.25) is 0 Å². The van der Waals surface area contributed by atoms with E-state index in [1.165, 1.54) is 43.7 Å². The second-order valence-corrected chi connectivity index (χ2v) is 17.3. The summed E-state index contributed by atoms with van der Waals surface area (Å²) in [6, 6.07) is 61.9. The average Bonchev–Trinajstić information content (AvgIpc) is 3.15. The van der Waals surface area contributed by atoms with Crippen LogP contribution in [0.2, 0.25) is 0 Å². The van der Waals surface area contributed by atoms with Gasteiger partial charge in [-0.25, -0.2) is 0 Å². The summed E-state index contributed by atoms with van der Waals surface area (Å²) in [6.07, 6.45) is 11.7. The minimum Gasteiger partial charge on any atom is -0.114 e. The Kier molecular flexibility index (Phi) is 15.9. The van der Waals surface area contributed by atoms with Gasteiger partial charge < -0.3 is 0 Å². The molecule has 6 rings (SSSR count). The molecule has 6 aromatic rings. The van der Waals surface area contributed by atoms with E-state index < -0.39 is 7.26 Å². The zero-order valence-electron chi connectivity index (χ0n) is 30.6. The molecule has 260 valence electrons. The molecule has 0 fully saturated rings. The van der Waals surface area contributed by atoms with Gasteiger partial charge in [-0.1, -0.05) is 185 Å². The van der Waals surface area contributed by atoms with Gasteiger partial charge in [0.25, 0.3) is 0 Å². The lowest BCUT2D eigenvalue weighted by atomic mass is 10.0. The van der Waals surface area contributed by atoms with Crippen LogP contribution in [0, 0.1) is 11.8 Å². The second kappa shape index (κ2) is 20.5. The highest BCUT2D eigenvalue weighted by atomic mass is 79.9. The first-order chi connectivity index (χ1) is 24.4. The highest BCUT2D eigenvalue weighted by Crippen LogP contribution is 2.58. The first kappa shape index (κ1) is 39.5. The van der Waals surface area contributed by atoms with Crippen LogP contribution in [0.1, 0.15) is 55.5 Å². The van der Waals surface area contributed by atoms with Crippen molar-refractivity contribution in [2.75, 3.05) is 0 Å². The summed E-state index contributed by atoms with van der Waals surface area (Å²) in [5.74, 6) is 1.39. The molecule has 0 bridgehead atoms. The van der Waals surface area contributed by atoms with Gasteiger partial charge >= 0.3 is 0 Å². The number of hydrogen-bond donors (Lipinski definition) is 0. The Morgan fingerprint density at radius 3 is 1.08 bits per heavy atom. The summed E-state index contributed by atoms with van der Waals surface area (Å²) in [5, 5.41) is 4.32. The number of benzene rings is 6. The van der Waals surface area contributed by atoms with E-state index in [0.717, 1.165) is 19.0 Å². The quantitative estimate of drug-likeness (QED) is 0.0863. The highest BCUT2D eigenvalue weighted by Gasteiger charge is 2.45. The van der Waals surface area contributed by atoms with Gasteiger partial charge in [0.1, 0.15) is 23.2 Å². The van der Waals surface area contributed by atoms with Crippen molar-refractivity contribution in [1.82, 2.24) is 0 Å². The molecule has 0 aliphatic carbocycles. The zero-order valence-corrected chi connectivity index (χ0v) is 33.2. The molecule has 0 nitrogen and oxygen atoms in total. The number of hydrogen-bond acceptors (Lipinski definition) is 0. The molecule has 0 heterocycles. The van der Waals surface area contributed by atoms with Crippen molar-refractivity contribution in [1.29, 1.82) is 0 Å². The standard InChI is InChI=1S/C29H30P.C20H22.BrH/c1-24(2)22-25-18-20-26(21-19-25)23-30(27-12-6-3-7-13-27,28-14-8-4-9-15-28)29-16-10-5-11-17-29;1-17(2)16-20-14-12-19(13-15-20)11-7-6-10-18-8-4-3-5-9-18;/h3-21,24H,22-23H2,1-2H3;3-15,17H,16H2,1-2H3;1H/q+1;;/b;10-6+,11-7+;. The molecule has 0 radical (unpaired) electrons. The monoisotopic (exact) mass is 751 g/mol. The lowest BCUT2D eigenvalue weighted by Gasteiger charge is -2.28. The SMILES string of the molecule is Br.CC(C)Cc1ccc(/C=C/C=C/c2ccccc2)cc1.CC(C)Cc1ccc(C[P+](c2ccccc2)(c2ccccc2)c2ccccc2)cc1. The third-order valence-electron chi connectivity index (χ3n) is 8.79. The van der Waals surface area contributed by atoms with Crippen LogP contribution >= 0.6 is 24.2 Å². The molecule has 0 amide bonds. The number of allylic oxidation sites excluding steroid dienone is 2. The fraction of sp³-hybridized carbons (Fsp3) is 0.184. The average molecular weight is 753 g/mol. The van der Waals surface area contributed by atoms with Gasteiger partial charge in [0.05, 0.1) is 6.16 Å². The molecule has 0 aromatic heterocycles. The number of rotatable bonds is 12. The Morgan fingerprint density at radius 2 is 0.706 bits per heavy atom. The van der Waals surface area contributed by atoms with Gasteiger partial charge in [-0.2, -0.15) is 0 Å². The van der Waals surface area contributed by atoms with Crippen LogP contribution in [-0.2, 0) is 19.0 Å². The minimum atomic E-state index is -1.82. The zero-order chi connectivity index (χ0) is 35.0. The topological polar surface area (TPSA) is 0 Å². The van der Waals surface area contributed by atoms with Crippen LogP contribution < -0.4 is 15.9 Å². The maximum absolute atomic E-state index is 2.35. The van der Waals surface area contributed by atoms with Crippen LogP contribution in [0.5, 0.6) is 0 Å². The van der Waals surface area contributed by atoms with Crippen LogP contribution in [0.4, 0.5) is 0 Å². The molecule has 0 aliphatic heterocycles. The Hall–Kier alpha value is -4.29. The van der Waals surface area contributed by atoms with Crippen molar-refractivity contribution in [3.63, 3.8) is 0 Å². The van der Waals surface area contributed by atoms with Crippen molar-refractivity contribution in [3.8, 4) is 0 Å². The van der Waals surface area contributed by atoms with E-state index in [2.05, 4.69) is 216 Å². The molecular formula is C49H53BrP+. The Labute approximate surface area is 319 Å². The molecule has 0 unspecified atom stereocenters. The Balaban J connectivity index is 0.000000243. The smallest absolute Gasteiger partial charge is 0.114 e. The van der Waals surface area contributed by atoms with Crippen molar-refractivity contribution in [2.24, 2.45) is 11.8 Å². The number of halogens is 1. The lowest BCUT2D eigenvalue weighted by Crippen LogP contribution is -2.32. The summed E-state index contributed by atoms with van der Waals surface area (Å²) in [5.41, 5.74) is 6.72. The minimum absolute atomic E-state index is 0. The molecule has 6 aromatic carbocycles. The fourth-order valence-corrected chi connectivity index (χ4v) is 10.7. The predicted molar refractivity (Wildman–Crippen MR) is 234 cm³/mol. The Bertz CT molecular complexity index is 1780. The predicted octanol–water partition coefficient (Wildman–Crippen LogP) is 12.6. The van der Waals surface area contributed by atoms with E-state index >= 15 is 0 Å². The Morgan fingerprint density at radius 1 is 0.392 bits per heavy atom. The van der Waals surface area contributed by atoms with Crippen LogP contribution in [0.15, 0.2) is 182 Å². The van der Waals surface area contributed by atoms with Crippen molar-refractivity contribution >= 4 is 52.3 Å². The van der Waals surface area contributed by atoms with E-state index in [-0.39, 0.29) is 17.0 Å². The molecular weight excluding hydrogens is 699 g/mol. The van der Waals surface area contributed by atoms with Crippen LogP contribution in [-0.4, -0.2) is 0 Å². The van der Waals surface area contributed by atoms with Crippen molar-refractivity contribution < 1.29 is 0 Å². The molecule has 0 spiro atoms. The van der Waals surface area contributed by atoms with Gasteiger partial charge in [0, 0.05) is 0 Å². The van der Waals surface area contributed by atoms with E-state index in [1.807, 2.05) is 6.07 Å². The molecule has 0 saturated carbocycles. The maximum Gasteiger partial charge on any atom is 0.116 e. The molecule has 0 saturated heterocycles. The molecule has 0 atom stereocenters. The lowest BCUT2D eigenvalue weighted by molar-refractivity contribution is 0.647. The fourth-order valence-electron chi connectivity index (χ4n) is 6.43. The first-order valence-electron chi connectivity index (χ1n) is 18.0. The highest BCUT2D eigenvalue weighted by molar-refractivity contribution is 8.93. The molecule has 51 heavy (non-hydrogen) atoms. The van der Waals surface area contributed by atoms with E-state index in [9.17, 15) is 0 Å². The van der Waals surface area contributed by atoms with Crippen LogP contribution in [0.25, 0.3) is 12.2 Å². The van der Waals surface area contributed by atoms with Crippen LogP contribution in [0.3, 0.4) is 0 Å². The van der Waals surface area contributed by atoms with Gasteiger partial charge in [0.15, 0.2) is 0 Å². The maximum atomic E-state index is 2.35. The third kappa shape index (κ3) is 11.9. The normalized spacial score (nSPS) is 11.4. The van der Waals surface area contributed by atoms with Gasteiger partial charge in [0.2, 0.25) is 0 Å². The first-order valence-corrected chi connectivity index (χ1v) is 20.0. The third-order valence-corrected chi connectivity index (χ3v) is 13.2. The van der Waals surface area contributed by atoms with E-state index in [1.54, 1.807) is 0 Å². The van der Waals surface area contributed by atoms with E-state index in [4.69, 9.17) is 0 Å². The van der Waals surface area contributed by atoms with Crippen molar-refractivity contribution in [2.45, 2.75) is 46.7 Å². The summed E-state index contributed by atoms with van der Waals surface area (Å²) in [6.45, 7) is 9.07. The largest absolute Gasteiger partial charge is 0.116 e. The summed E-state index contributed by atoms with van der Waals surface area (Å²) in [4.78, 5) is 0. The van der Waals surface area contributed by atoms with E-state index in [0.29, 0.717) is 11.8 Å². The second-order valence-electron chi connectivity index (χ2n) is 13.9.